The first-order chi connectivity index (χ1) is 28.0. The normalized spacial score (nSPS) is 16.9. The van der Waals surface area contributed by atoms with E-state index >= 15 is 0 Å². The van der Waals surface area contributed by atoms with Gasteiger partial charge < -0.3 is 4.42 Å². The number of fused-ring (bicyclic) bond motifs is 4. The molecule has 8 aromatic rings. The monoisotopic (exact) mass is 749 g/mol. The van der Waals surface area contributed by atoms with Crippen molar-refractivity contribution < 1.29 is 4.42 Å². The number of furan rings is 1. The van der Waals surface area contributed by atoms with Crippen molar-refractivity contribution >= 4 is 50.9 Å². The van der Waals surface area contributed by atoms with Gasteiger partial charge in [-0.25, -0.2) is 9.98 Å². The molecule has 8 bridgehead atoms. The molecule has 0 saturated carbocycles. The Labute approximate surface area is 335 Å². The zero-order valence-electron chi connectivity index (χ0n) is 31.5. The summed E-state index contributed by atoms with van der Waals surface area (Å²) < 4.78 is 6.41. The molecule has 1 aromatic heterocycles. The Bertz CT molecular complexity index is 3140. The Morgan fingerprint density at radius 1 is 0.614 bits per heavy atom. The lowest BCUT2D eigenvalue weighted by Crippen LogP contribution is -2.29. The van der Waals surface area contributed by atoms with E-state index in [1.54, 1.807) is 11.8 Å². The van der Waals surface area contributed by atoms with E-state index < -0.39 is 5.41 Å². The van der Waals surface area contributed by atoms with E-state index in [2.05, 4.69) is 147 Å². The number of rotatable bonds is 2. The number of amidine groups is 1. The second kappa shape index (κ2) is 12.9. The third kappa shape index (κ3) is 5.29. The van der Waals surface area contributed by atoms with E-state index in [1.807, 2.05) is 24.3 Å². The molecule has 5 heteroatoms. The molecule has 0 spiro atoms. The van der Waals surface area contributed by atoms with E-state index in [4.69, 9.17) is 14.4 Å². The van der Waals surface area contributed by atoms with E-state index in [0.29, 0.717) is 11.4 Å². The number of hydrogen-bond donors (Lipinski definition) is 0. The summed E-state index contributed by atoms with van der Waals surface area (Å²) in [6, 6.07) is 56.2. The van der Waals surface area contributed by atoms with Crippen LogP contribution < -0.4 is 0 Å². The number of nitriles is 1. The standard InChI is InChI=1S/C52H35N3OS/c1-31-17-26-45-40-12-4-3-11-38(40)35-23-25-44-48(29-35)57-47-27-32(30-53)18-24-43(47)52(44,2)37-10-7-9-36(28-37)49(31)55-51(54-45)34-21-19-33(20-22-34)39-14-8-15-42-41-13-5-6-16-46(41)56-50(39)42/h3-16,18-25,27-29H,17,26H2,1-2H3. The number of aliphatic imine (C=N–C) groups is 2. The van der Waals surface area contributed by atoms with Gasteiger partial charge in [0.15, 0.2) is 5.84 Å². The van der Waals surface area contributed by atoms with Gasteiger partial charge in [0.2, 0.25) is 0 Å². The van der Waals surface area contributed by atoms with Crippen molar-refractivity contribution in [3.63, 3.8) is 0 Å². The highest BCUT2D eigenvalue weighted by molar-refractivity contribution is 7.99. The molecule has 0 radical (unpaired) electrons. The van der Waals surface area contributed by atoms with E-state index in [9.17, 15) is 5.26 Å². The van der Waals surface area contributed by atoms with Crippen molar-refractivity contribution in [3.05, 3.63) is 196 Å². The first-order valence-corrected chi connectivity index (χ1v) is 20.2. The lowest BCUT2D eigenvalue weighted by Gasteiger charge is -2.39. The zero-order valence-corrected chi connectivity index (χ0v) is 32.3. The molecule has 0 amide bonds. The molecule has 0 saturated heterocycles. The lowest BCUT2D eigenvalue weighted by molar-refractivity contribution is 0.654. The molecule has 14 rings (SSSR count). The van der Waals surface area contributed by atoms with E-state index in [0.717, 1.165) is 90.0 Å². The summed E-state index contributed by atoms with van der Waals surface area (Å²) in [7, 11) is 0. The molecule has 2 aliphatic carbocycles. The number of hydrogen-bond acceptors (Lipinski definition) is 5. The zero-order chi connectivity index (χ0) is 38.3. The number of nitrogens with zero attached hydrogens (tertiary/aromatic N) is 3. The molecule has 1 unspecified atom stereocenters. The highest BCUT2D eigenvalue weighted by Crippen LogP contribution is 2.54. The summed E-state index contributed by atoms with van der Waals surface area (Å²) >= 11 is 1.76. The van der Waals surface area contributed by atoms with Gasteiger partial charge in [-0.2, -0.15) is 5.26 Å². The maximum absolute atomic E-state index is 9.89. The van der Waals surface area contributed by atoms with Crippen molar-refractivity contribution in [2.75, 3.05) is 0 Å². The van der Waals surface area contributed by atoms with Crippen molar-refractivity contribution in [3.8, 4) is 28.3 Å². The summed E-state index contributed by atoms with van der Waals surface area (Å²) in [6.45, 7) is 4.55. The Kier molecular flexibility index (Phi) is 7.61. The second-order valence-corrected chi connectivity index (χ2v) is 16.5. The average Bonchev–Trinajstić information content (AvgIpc) is 3.64. The van der Waals surface area contributed by atoms with E-state index in [1.165, 1.54) is 27.2 Å². The van der Waals surface area contributed by atoms with Crippen LogP contribution in [0.15, 0.2) is 181 Å². The van der Waals surface area contributed by atoms with Crippen LogP contribution in [0.1, 0.15) is 65.6 Å². The first-order valence-electron chi connectivity index (χ1n) is 19.4. The third-order valence-electron chi connectivity index (χ3n) is 12.1. The van der Waals surface area contributed by atoms with Gasteiger partial charge in [0.1, 0.15) is 11.2 Å². The molecular formula is C52H35N3OS. The summed E-state index contributed by atoms with van der Waals surface area (Å²) in [4.78, 5) is 13.3. The Balaban J connectivity index is 1.13. The molecule has 1 atom stereocenters. The third-order valence-corrected chi connectivity index (χ3v) is 13.2. The van der Waals surface area contributed by atoms with E-state index in [-0.39, 0.29) is 0 Å². The highest BCUT2D eigenvalue weighted by atomic mass is 32.2. The minimum Gasteiger partial charge on any atom is -0.455 e. The first kappa shape index (κ1) is 33.6. The van der Waals surface area contributed by atoms with Crippen molar-refractivity contribution in [1.29, 1.82) is 5.26 Å². The molecule has 4 nitrogen and oxygen atoms in total. The topological polar surface area (TPSA) is 61.6 Å². The van der Waals surface area contributed by atoms with Gasteiger partial charge in [-0.1, -0.05) is 133 Å². The maximum atomic E-state index is 9.89. The van der Waals surface area contributed by atoms with Crippen molar-refractivity contribution in [2.45, 2.75) is 41.9 Å². The molecule has 7 aromatic carbocycles. The SMILES string of the molecule is CC1=C2N=C(c3ccc(-c4cccc5c4oc4ccccc45)cc3)N=C(CC1)c1ccccc1-c1ccc3c(c1)Sc1cc(C#N)ccc1C3(C)c1cccc2c1. The molecule has 4 aliphatic heterocycles. The smallest absolute Gasteiger partial charge is 0.160 e. The van der Waals surface area contributed by atoms with Crippen LogP contribution in [-0.2, 0) is 5.41 Å². The molecule has 0 N–H and O–H groups in total. The van der Waals surface area contributed by atoms with Crippen LogP contribution >= 0.6 is 11.8 Å². The fraction of sp³-hybridized carbons (Fsp3) is 0.0962. The molecule has 6 aliphatic rings. The highest BCUT2D eigenvalue weighted by Gasteiger charge is 2.39. The van der Waals surface area contributed by atoms with Crippen molar-refractivity contribution in [2.24, 2.45) is 9.98 Å². The summed E-state index contributed by atoms with van der Waals surface area (Å²) in [6.07, 6.45) is 1.61. The second-order valence-electron chi connectivity index (χ2n) is 15.4. The van der Waals surface area contributed by atoms with Gasteiger partial charge in [-0.15, -0.1) is 0 Å². The number of allylic oxidation sites excluding steroid dienone is 1. The van der Waals surface area contributed by atoms with Crippen LogP contribution in [0.5, 0.6) is 0 Å². The molecular weight excluding hydrogens is 715 g/mol. The van der Waals surface area contributed by atoms with Crippen LogP contribution in [0, 0.1) is 11.3 Å². The average molecular weight is 750 g/mol. The summed E-state index contributed by atoms with van der Waals surface area (Å²) in [5.74, 6) is 0.690. The molecule has 5 heterocycles. The molecule has 270 valence electrons. The summed E-state index contributed by atoms with van der Waals surface area (Å²) in [5.41, 5.74) is 16.4. The van der Waals surface area contributed by atoms with Gasteiger partial charge in [-0.3, -0.25) is 0 Å². The lowest BCUT2D eigenvalue weighted by atomic mass is 9.70. The number of benzene rings is 7. The van der Waals surface area contributed by atoms with Gasteiger partial charge >= 0.3 is 0 Å². The minimum absolute atomic E-state index is 0.468. The Morgan fingerprint density at radius 3 is 2.18 bits per heavy atom. The van der Waals surface area contributed by atoms with Crippen LogP contribution in [-0.4, -0.2) is 11.5 Å². The van der Waals surface area contributed by atoms with Crippen molar-refractivity contribution in [1.82, 2.24) is 0 Å². The Hall–Kier alpha value is -6.74. The molecule has 57 heavy (non-hydrogen) atoms. The minimum atomic E-state index is -0.468. The van der Waals surface area contributed by atoms with Gasteiger partial charge in [0.05, 0.1) is 23.0 Å². The quantitative estimate of drug-likeness (QED) is 0.177. The van der Waals surface area contributed by atoms with Crippen LogP contribution in [0.3, 0.4) is 0 Å². The van der Waals surface area contributed by atoms with Gasteiger partial charge in [0, 0.05) is 48.2 Å². The predicted molar refractivity (Wildman–Crippen MR) is 233 cm³/mol. The van der Waals surface area contributed by atoms with Crippen LogP contribution in [0.25, 0.3) is 49.9 Å². The molecule has 0 fully saturated rings. The fourth-order valence-electron chi connectivity index (χ4n) is 9.06. The van der Waals surface area contributed by atoms with Gasteiger partial charge in [0.25, 0.3) is 0 Å². The fourth-order valence-corrected chi connectivity index (χ4v) is 10.4. The predicted octanol–water partition coefficient (Wildman–Crippen LogP) is 13.4. The maximum Gasteiger partial charge on any atom is 0.160 e. The van der Waals surface area contributed by atoms with Gasteiger partial charge in [-0.05, 0) is 96.0 Å². The summed E-state index contributed by atoms with van der Waals surface area (Å²) in [5, 5.41) is 12.1. The largest absolute Gasteiger partial charge is 0.455 e. The Morgan fingerprint density at radius 2 is 1.32 bits per heavy atom. The van der Waals surface area contributed by atoms with Crippen LogP contribution in [0.2, 0.25) is 0 Å². The number of para-hydroxylation sites is 2. The van der Waals surface area contributed by atoms with Crippen LogP contribution in [0.4, 0.5) is 0 Å².